The van der Waals surface area contributed by atoms with Gasteiger partial charge in [-0.25, -0.2) is 8.78 Å². The summed E-state index contributed by atoms with van der Waals surface area (Å²) in [6.07, 6.45) is 1.45. The van der Waals surface area contributed by atoms with Crippen molar-refractivity contribution in [2.75, 3.05) is 11.9 Å². The zero-order valence-corrected chi connectivity index (χ0v) is 17.0. The van der Waals surface area contributed by atoms with Crippen LogP contribution in [0.15, 0.2) is 47.4 Å². The highest BCUT2D eigenvalue weighted by atomic mass is 32.2. The van der Waals surface area contributed by atoms with E-state index in [0.29, 0.717) is 29.1 Å². The molecule has 0 atom stereocenters. The zero-order chi connectivity index (χ0) is 21.8. The largest absolute Gasteiger partial charge is 0.490 e. The maximum atomic E-state index is 13.7. The summed E-state index contributed by atoms with van der Waals surface area (Å²) in [6.45, 7) is 3.14. The monoisotopic (exact) mass is 432 g/mol. The van der Waals surface area contributed by atoms with Gasteiger partial charge in [-0.15, -0.1) is 0 Å². The molecule has 30 heavy (non-hydrogen) atoms. The Kier molecular flexibility index (Phi) is 6.51. The summed E-state index contributed by atoms with van der Waals surface area (Å²) in [5, 5.41) is 1.60. The molecule has 1 heterocycles. The van der Waals surface area contributed by atoms with Crippen LogP contribution in [0.3, 0.4) is 0 Å². The Balaban J connectivity index is 1.73. The molecule has 0 bridgehead atoms. The summed E-state index contributed by atoms with van der Waals surface area (Å²) in [5.41, 5.74) is 0.373. The van der Waals surface area contributed by atoms with Crippen LogP contribution in [0.4, 0.5) is 19.3 Å². The van der Waals surface area contributed by atoms with Crippen molar-refractivity contribution in [2.45, 2.75) is 20.0 Å². The van der Waals surface area contributed by atoms with Crippen LogP contribution in [0.1, 0.15) is 19.4 Å². The number of para-hydroxylation sites is 1. The highest BCUT2D eigenvalue weighted by molar-refractivity contribution is 8.18. The topological polar surface area (TPSA) is 75.7 Å². The molecule has 3 rings (SSSR count). The van der Waals surface area contributed by atoms with E-state index < -0.39 is 35.2 Å². The third kappa shape index (κ3) is 5.04. The van der Waals surface area contributed by atoms with E-state index in [2.05, 4.69) is 5.32 Å². The number of benzene rings is 2. The van der Waals surface area contributed by atoms with Gasteiger partial charge in [0.25, 0.3) is 11.1 Å². The minimum atomic E-state index is -0.959. The number of nitrogens with one attached hydrogen (secondary N) is 1. The van der Waals surface area contributed by atoms with Gasteiger partial charge in [-0.1, -0.05) is 18.2 Å². The predicted molar refractivity (Wildman–Crippen MR) is 110 cm³/mol. The van der Waals surface area contributed by atoms with Gasteiger partial charge in [0.1, 0.15) is 23.9 Å². The summed E-state index contributed by atoms with van der Waals surface area (Å²) < 4.78 is 32.4. The van der Waals surface area contributed by atoms with E-state index in [1.54, 1.807) is 24.3 Å². The number of imide groups is 1. The lowest BCUT2D eigenvalue weighted by molar-refractivity contribution is -0.127. The average molecular weight is 432 g/mol. The van der Waals surface area contributed by atoms with E-state index in [0.717, 1.165) is 17.0 Å². The number of hydrogen-bond acceptors (Lipinski definition) is 5. The van der Waals surface area contributed by atoms with E-state index in [-0.39, 0.29) is 16.7 Å². The van der Waals surface area contributed by atoms with Crippen LogP contribution in [0.2, 0.25) is 0 Å². The lowest BCUT2D eigenvalue weighted by Crippen LogP contribution is -2.36. The van der Waals surface area contributed by atoms with Crippen molar-refractivity contribution in [1.29, 1.82) is 0 Å². The standard InChI is InChI=1S/C21H18F2N2O4S/c1-12(2)29-17-6-4-3-5-13(17)9-18-20(27)25(21(28)30-18)11-19(26)24-16-8-7-14(22)10-15(16)23/h3-10,12H,11H2,1-2H3,(H,24,26)/b18-9-. The van der Waals surface area contributed by atoms with Crippen molar-refractivity contribution < 1.29 is 27.9 Å². The van der Waals surface area contributed by atoms with Crippen molar-refractivity contribution >= 4 is 40.6 Å². The van der Waals surface area contributed by atoms with E-state index in [9.17, 15) is 23.2 Å². The molecule has 1 saturated heterocycles. The van der Waals surface area contributed by atoms with Crippen LogP contribution < -0.4 is 10.1 Å². The van der Waals surface area contributed by atoms with Gasteiger partial charge in [0.2, 0.25) is 5.91 Å². The average Bonchev–Trinajstić information content (AvgIpc) is 2.92. The fraction of sp³-hybridized carbons (Fsp3) is 0.190. The number of rotatable bonds is 6. The maximum Gasteiger partial charge on any atom is 0.294 e. The molecule has 0 aromatic heterocycles. The molecule has 156 valence electrons. The fourth-order valence-electron chi connectivity index (χ4n) is 2.66. The summed E-state index contributed by atoms with van der Waals surface area (Å²) in [6, 6.07) is 9.72. The van der Waals surface area contributed by atoms with Crippen molar-refractivity contribution in [3.05, 3.63) is 64.6 Å². The second-order valence-corrected chi connectivity index (χ2v) is 7.64. The third-order valence-corrected chi connectivity index (χ3v) is 4.86. The summed E-state index contributed by atoms with van der Waals surface area (Å²) >= 11 is 0.697. The predicted octanol–water partition coefficient (Wildman–Crippen LogP) is 4.43. The first-order valence-corrected chi connectivity index (χ1v) is 9.82. The van der Waals surface area contributed by atoms with Crippen LogP contribution in [-0.4, -0.2) is 34.6 Å². The lowest BCUT2D eigenvalue weighted by Gasteiger charge is -2.13. The highest BCUT2D eigenvalue weighted by Gasteiger charge is 2.36. The molecule has 1 N–H and O–H groups in total. The van der Waals surface area contributed by atoms with Gasteiger partial charge in [-0.05, 0) is 49.9 Å². The summed E-state index contributed by atoms with van der Waals surface area (Å²) in [7, 11) is 0. The number of halogens is 2. The Hall–Kier alpha value is -3.20. The Bertz CT molecular complexity index is 1040. The molecule has 0 unspecified atom stereocenters. The SMILES string of the molecule is CC(C)Oc1ccccc1/C=C1\SC(=O)N(CC(=O)Nc2ccc(F)cc2F)C1=O. The molecular weight excluding hydrogens is 414 g/mol. The smallest absolute Gasteiger partial charge is 0.294 e. The molecule has 1 aliphatic heterocycles. The molecule has 0 spiro atoms. The number of carbonyl (C=O) groups is 3. The second-order valence-electron chi connectivity index (χ2n) is 6.64. The van der Waals surface area contributed by atoms with Gasteiger partial charge in [0.05, 0.1) is 16.7 Å². The molecule has 2 aromatic rings. The number of carbonyl (C=O) groups excluding carboxylic acids is 3. The molecule has 9 heteroatoms. The molecule has 1 fully saturated rings. The summed E-state index contributed by atoms with van der Waals surface area (Å²) in [4.78, 5) is 37.9. The second kappa shape index (κ2) is 9.08. The van der Waals surface area contributed by atoms with Gasteiger partial charge in [-0.3, -0.25) is 19.3 Å². The molecule has 0 radical (unpaired) electrons. The Morgan fingerprint density at radius 2 is 1.93 bits per heavy atom. The van der Waals surface area contributed by atoms with E-state index in [1.807, 2.05) is 13.8 Å². The van der Waals surface area contributed by atoms with Crippen LogP contribution in [-0.2, 0) is 9.59 Å². The van der Waals surface area contributed by atoms with Crippen molar-refractivity contribution in [3.63, 3.8) is 0 Å². The van der Waals surface area contributed by atoms with Crippen LogP contribution in [0.25, 0.3) is 6.08 Å². The number of amides is 3. The molecule has 1 aliphatic rings. The lowest BCUT2D eigenvalue weighted by atomic mass is 10.2. The first kappa shape index (κ1) is 21.5. The van der Waals surface area contributed by atoms with Gasteiger partial charge in [0.15, 0.2) is 0 Å². The molecule has 0 saturated carbocycles. The minimum Gasteiger partial charge on any atom is -0.490 e. The number of hydrogen-bond donors (Lipinski definition) is 1. The van der Waals surface area contributed by atoms with E-state index in [1.165, 1.54) is 6.08 Å². The van der Waals surface area contributed by atoms with E-state index >= 15 is 0 Å². The Morgan fingerprint density at radius 1 is 1.20 bits per heavy atom. The molecular formula is C21H18F2N2O4S. The van der Waals surface area contributed by atoms with Gasteiger partial charge in [-0.2, -0.15) is 0 Å². The molecule has 6 nitrogen and oxygen atoms in total. The number of nitrogens with zero attached hydrogens (tertiary/aromatic N) is 1. The quantitative estimate of drug-likeness (QED) is 0.684. The van der Waals surface area contributed by atoms with Gasteiger partial charge >= 0.3 is 0 Å². The van der Waals surface area contributed by atoms with Crippen molar-refractivity contribution in [3.8, 4) is 5.75 Å². The molecule has 2 aromatic carbocycles. The Morgan fingerprint density at radius 3 is 2.63 bits per heavy atom. The molecule has 3 amide bonds. The van der Waals surface area contributed by atoms with Crippen LogP contribution >= 0.6 is 11.8 Å². The molecule has 0 aliphatic carbocycles. The third-order valence-electron chi connectivity index (χ3n) is 3.95. The summed E-state index contributed by atoms with van der Waals surface area (Å²) in [5.74, 6) is -2.61. The number of ether oxygens (including phenoxy) is 1. The maximum absolute atomic E-state index is 13.7. The van der Waals surface area contributed by atoms with Crippen LogP contribution in [0, 0.1) is 11.6 Å². The Labute approximate surface area is 175 Å². The van der Waals surface area contributed by atoms with E-state index in [4.69, 9.17) is 4.74 Å². The van der Waals surface area contributed by atoms with Crippen LogP contribution in [0.5, 0.6) is 5.75 Å². The minimum absolute atomic E-state index is 0.0786. The normalized spacial score (nSPS) is 15.2. The fourth-order valence-corrected chi connectivity index (χ4v) is 3.49. The zero-order valence-electron chi connectivity index (χ0n) is 16.1. The number of anilines is 1. The van der Waals surface area contributed by atoms with Gasteiger partial charge < -0.3 is 10.1 Å². The van der Waals surface area contributed by atoms with Crippen molar-refractivity contribution in [1.82, 2.24) is 4.90 Å². The van der Waals surface area contributed by atoms with Crippen molar-refractivity contribution in [2.24, 2.45) is 0 Å². The van der Waals surface area contributed by atoms with Gasteiger partial charge in [0, 0.05) is 11.6 Å². The number of thioether (sulfide) groups is 1. The first-order chi connectivity index (χ1) is 14.2. The highest BCUT2D eigenvalue weighted by Crippen LogP contribution is 2.34. The first-order valence-electron chi connectivity index (χ1n) is 9.00.